The molecule has 44 heavy (non-hydrogen) atoms. The first-order chi connectivity index (χ1) is 20.9. The second-order valence-electron chi connectivity index (χ2n) is 9.21. The van der Waals surface area contributed by atoms with E-state index >= 15 is 0 Å². The average molecular weight is 645 g/mol. The number of aliphatic carboxylic acids is 4. The number of nitrogens with zero attached hydrogens (tertiary/aromatic N) is 4. The van der Waals surface area contributed by atoms with Crippen LogP contribution in [0, 0.1) is 0 Å². The van der Waals surface area contributed by atoms with E-state index in [1.165, 1.54) is 0 Å². The third-order valence-corrected chi connectivity index (χ3v) is 7.06. The van der Waals surface area contributed by atoms with Gasteiger partial charge in [0.05, 0.1) is 23.0 Å². The van der Waals surface area contributed by atoms with E-state index < -0.39 is 23.9 Å². The molecule has 4 N–H and O–H groups in total. The van der Waals surface area contributed by atoms with Gasteiger partial charge in [0.15, 0.2) is 0 Å². The number of hydrogen-bond acceptors (Lipinski definition) is 9. The van der Waals surface area contributed by atoms with Crippen LogP contribution in [0.5, 0.6) is 0 Å². The highest BCUT2D eigenvalue weighted by Crippen LogP contribution is 2.30. The molecule has 2 heterocycles. The molecule has 4 rings (SSSR count). The van der Waals surface area contributed by atoms with Crippen molar-refractivity contribution in [3.05, 3.63) is 89.0 Å². The molecule has 1 fully saturated rings. The first-order valence-electron chi connectivity index (χ1n) is 13.2. The largest absolute Gasteiger partial charge is 0.478 e. The number of thioether (sulfide) groups is 1. The van der Waals surface area contributed by atoms with Gasteiger partial charge in [0, 0.05) is 78.9 Å². The molecule has 0 unspecified atom stereocenters. The molecule has 0 amide bonds. The summed E-state index contributed by atoms with van der Waals surface area (Å²) in [5, 5.41) is 33.0. The van der Waals surface area contributed by atoms with E-state index in [0.717, 1.165) is 66.0 Å². The minimum Gasteiger partial charge on any atom is -0.478 e. The van der Waals surface area contributed by atoms with Crippen molar-refractivity contribution in [2.75, 3.05) is 52.1 Å². The lowest BCUT2D eigenvalue weighted by Gasteiger charge is -2.32. The van der Waals surface area contributed by atoms with Crippen LogP contribution in [0.25, 0.3) is 0 Å². The summed E-state index contributed by atoms with van der Waals surface area (Å²) in [6.45, 7) is 6.33. The van der Waals surface area contributed by atoms with Crippen LogP contribution in [0.15, 0.2) is 82.8 Å². The van der Waals surface area contributed by atoms with Gasteiger partial charge in [0.2, 0.25) is 0 Å². The number of carboxylic acids is 4. The second kappa shape index (κ2) is 19.1. The van der Waals surface area contributed by atoms with Crippen LogP contribution >= 0.6 is 23.4 Å². The third kappa shape index (κ3) is 14.2. The summed E-state index contributed by atoms with van der Waals surface area (Å²) >= 11 is 8.11. The van der Waals surface area contributed by atoms with Gasteiger partial charge in [0.1, 0.15) is 0 Å². The van der Waals surface area contributed by atoms with Crippen molar-refractivity contribution < 1.29 is 39.6 Å². The number of piperazine rings is 1. The topological polar surface area (TPSA) is 180 Å². The molecule has 0 aliphatic carbocycles. The zero-order chi connectivity index (χ0) is 32.5. The average Bonchev–Trinajstić information content (AvgIpc) is 3.16. The number of carbonyl (C=O) groups is 4. The molecular formula is C30H33ClN4O8S. The minimum atomic E-state index is -1.26. The molecule has 0 aromatic heterocycles. The summed E-state index contributed by atoms with van der Waals surface area (Å²) in [4.78, 5) is 53.0. The minimum absolute atomic E-state index is 0.558. The Morgan fingerprint density at radius 1 is 0.841 bits per heavy atom. The van der Waals surface area contributed by atoms with E-state index in [1.807, 2.05) is 48.2 Å². The van der Waals surface area contributed by atoms with E-state index in [1.54, 1.807) is 0 Å². The van der Waals surface area contributed by atoms with Crippen LogP contribution < -0.4 is 0 Å². The fourth-order valence-electron chi connectivity index (χ4n) is 3.77. The molecule has 2 aliphatic heterocycles. The Morgan fingerprint density at radius 3 is 1.91 bits per heavy atom. The van der Waals surface area contributed by atoms with Crippen molar-refractivity contribution in [1.82, 2.24) is 9.80 Å². The molecule has 2 aromatic rings. The number of hydrogen-bond donors (Lipinski definition) is 4. The van der Waals surface area contributed by atoms with Crippen molar-refractivity contribution in [2.24, 2.45) is 9.98 Å². The predicted octanol–water partition coefficient (Wildman–Crippen LogP) is 3.63. The molecule has 0 radical (unpaired) electrons. The lowest BCUT2D eigenvalue weighted by atomic mass is 10.0. The summed E-state index contributed by atoms with van der Waals surface area (Å²) in [7, 11) is 2.19. The maximum absolute atomic E-state index is 9.55. The highest BCUT2D eigenvalue weighted by Gasteiger charge is 2.18. The zero-order valence-electron chi connectivity index (χ0n) is 23.9. The van der Waals surface area contributed by atoms with Crippen LogP contribution in [-0.4, -0.2) is 117 Å². The van der Waals surface area contributed by atoms with E-state index in [4.69, 9.17) is 42.0 Å². The van der Waals surface area contributed by atoms with E-state index in [0.29, 0.717) is 35.9 Å². The van der Waals surface area contributed by atoms with Crippen molar-refractivity contribution in [2.45, 2.75) is 0 Å². The van der Waals surface area contributed by atoms with Gasteiger partial charge in [-0.2, -0.15) is 0 Å². The number of aliphatic imine (C=N–C) groups is 2. The first-order valence-corrected chi connectivity index (χ1v) is 14.6. The van der Waals surface area contributed by atoms with E-state index in [9.17, 15) is 19.2 Å². The van der Waals surface area contributed by atoms with Crippen LogP contribution in [0.4, 0.5) is 5.69 Å². The number of fused-ring (bicyclic) bond motifs is 1. The van der Waals surface area contributed by atoms with Gasteiger partial charge in [-0.1, -0.05) is 41.9 Å². The van der Waals surface area contributed by atoms with Gasteiger partial charge in [-0.15, -0.1) is 11.8 Å². The van der Waals surface area contributed by atoms with Gasteiger partial charge in [0.25, 0.3) is 0 Å². The normalized spacial score (nSPS) is 15.0. The van der Waals surface area contributed by atoms with Gasteiger partial charge in [-0.05, 0) is 25.2 Å². The second-order valence-corrected chi connectivity index (χ2v) is 10.8. The summed E-state index contributed by atoms with van der Waals surface area (Å²) < 4.78 is 0. The standard InChI is InChI=1S/C22H25ClN4S.2C4H4O4/c1-26-9-11-27(12-10-26)13-14-28-21-16-24-22(17-5-3-2-4-6-17)19-15-18(23)7-8-20(19)25-21;2*5-3(6)1-2-4(7)8/h2-8,15H,9-14,16H2,1H3;2*1-2H,(H,5,6)(H,7,8). The van der Waals surface area contributed by atoms with Crippen LogP contribution in [0.2, 0.25) is 5.02 Å². The lowest BCUT2D eigenvalue weighted by Crippen LogP contribution is -2.45. The Labute approximate surface area is 263 Å². The predicted molar refractivity (Wildman–Crippen MR) is 171 cm³/mol. The third-order valence-electron chi connectivity index (χ3n) is 5.89. The van der Waals surface area contributed by atoms with Crippen molar-refractivity contribution in [3.63, 3.8) is 0 Å². The fraction of sp³-hybridized carbons (Fsp3) is 0.267. The summed E-state index contributed by atoms with van der Waals surface area (Å²) in [6.07, 6.45) is 2.23. The molecule has 1 saturated heterocycles. The summed E-state index contributed by atoms with van der Waals surface area (Å²) in [5.41, 5.74) is 4.03. The highest BCUT2D eigenvalue weighted by molar-refractivity contribution is 8.14. The van der Waals surface area contributed by atoms with Gasteiger partial charge in [-0.25, -0.2) is 24.2 Å². The van der Waals surface area contributed by atoms with E-state index in [2.05, 4.69) is 29.0 Å². The Kier molecular flexibility index (Phi) is 15.6. The molecule has 0 atom stereocenters. The Bertz CT molecular complexity index is 1360. The monoisotopic (exact) mass is 644 g/mol. The highest BCUT2D eigenvalue weighted by atomic mass is 35.5. The summed E-state index contributed by atoms with van der Waals surface area (Å²) in [5.74, 6) is -3.98. The molecule has 0 spiro atoms. The molecule has 2 aromatic carbocycles. The first kappa shape index (κ1) is 35.9. The quantitative estimate of drug-likeness (QED) is 0.308. The van der Waals surface area contributed by atoms with Gasteiger partial charge >= 0.3 is 23.9 Å². The molecule has 0 saturated carbocycles. The fourth-order valence-corrected chi connectivity index (χ4v) is 4.84. The van der Waals surface area contributed by atoms with Gasteiger partial charge < -0.3 is 25.3 Å². The summed E-state index contributed by atoms with van der Waals surface area (Å²) in [6, 6.07) is 16.2. The smallest absolute Gasteiger partial charge is 0.328 e. The maximum Gasteiger partial charge on any atom is 0.328 e. The molecular weight excluding hydrogens is 612 g/mol. The van der Waals surface area contributed by atoms with Crippen molar-refractivity contribution in [3.8, 4) is 0 Å². The number of halogens is 1. The number of carboxylic acid groups (broad SMARTS) is 4. The number of likely N-dealkylation sites (N-methyl/N-ethyl adjacent to an activating group) is 1. The molecule has 2 aliphatic rings. The van der Waals surface area contributed by atoms with Crippen LogP contribution in [0.3, 0.4) is 0 Å². The SMILES string of the molecule is CN1CCN(CCSC2=Nc3ccc(Cl)cc3C(c3ccccc3)=NC2)CC1.O=C(O)C=CC(=O)O.O=C(O)C=CC(=O)O. The Morgan fingerprint density at radius 2 is 1.39 bits per heavy atom. The van der Waals surface area contributed by atoms with Crippen molar-refractivity contribution in [1.29, 1.82) is 0 Å². The number of benzene rings is 2. The zero-order valence-corrected chi connectivity index (χ0v) is 25.4. The van der Waals surface area contributed by atoms with Crippen molar-refractivity contribution >= 4 is 63.7 Å². The Hall–Kier alpha value is -4.30. The Balaban J connectivity index is 0.000000349. The molecule has 14 heteroatoms. The van der Waals surface area contributed by atoms with Crippen LogP contribution in [0.1, 0.15) is 11.1 Å². The lowest BCUT2D eigenvalue weighted by molar-refractivity contribution is -0.134. The molecule has 12 nitrogen and oxygen atoms in total. The van der Waals surface area contributed by atoms with Crippen LogP contribution in [-0.2, 0) is 19.2 Å². The molecule has 0 bridgehead atoms. The molecule has 234 valence electrons. The maximum atomic E-state index is 9.55. The number of rotatable bonds is 8. The van der Waals surface area contributed by atoms with E-state index in [-0.39, 0.29) is 0 Å². The van der Waals surface area contributed by atoms with Gasteiger partial charge in [-0.3, -0.25) is 9.89 Å².